The Labute approximate surface area is 145 Å². The first-order valence-electron chi connectivity index (χ1n) is 8.08. The molecule has 136 valence electrons. The molecular formula is C17H22F2N4O2. The highest BCUT2D eigenvalue weighted by molar-refractivity contribution is 5.94. The zero-order chi connectivity index (χ0) is 18.6. The van der Waals surface area contributed by atoms with Crippen LogP contribution in [0.1, 0.15) is 48.9 Å². The van der Waals surface area contributed by atoms with Crippen LogP contribution in [0.3, 0.4) is 0 Å². The van der Waals surface area contributed by atoms with Crippen LogP contribution >= 0.6 is 0 Å². The van der Waals surface area contributed by atoms with Crippen molar-refractivity contribution in [1.29, 1.82) is 0 Å². The predicted octanol–water partition coefficient (Wildman–Crippen LogP) is 2.63. The summed E-state index contributed by atoms with van der Waals surface area (Å²) in [6.07, 6.45) is 0.556. The molecule has 0 saturated heterocycles. The van der Waals surface area contributed by atoms with Crippen LogP contribution in [0.15, 0.2) is 22.7 Å². The molecule has 1 amide bonds. The van der Waals surface area contributed by atoms with Crippen molar-refractivity contribution in [1.82, 2.24) is 20.8 Å². The molecule has 2 rings (SSSR count). The number of hydrogen-bond acceptors (Lipinski definition) is 5. The van der Waals surface area contributed by atoms with Crippen molar-refractivity contribution in [3.05, 3.63) is 47.1 Å². The van der Waals surface area contributed by atoms with E-state index in [-0.39, 0.29) is 17.9 Å². The van der Waals surface area contributed by atoms with Crippen molar-refractivity contribution in [2.24, 2.45) is 5.92 Å². The van der Waals surface area contributed by atoms with Gasteiger partial charge in [-0.05, 0) is 32.0 Å². The van der Waals surface area contributed by atoms with Gasteiger partial charge in [-0.25, -0.2) is 8.78 Å². The fourth-order valence-corrected chi connectivity index (χ4v) is 2.29. The van der Waals surface area contributed by atoms with Gasteiger partial charge in [0.25, 0.3) is 5.91 Å². The Hall–Kier alpha value is -2.35. The molecule has 2 N–H and O–H groups in total. The van der Waals surface area contributed by atoms with Gasteiger partial charge in [0, 0.05) is 12.5 Å². The van der Waals surface area contributed by atoms with Gasteiger partial charge in [0.05, 0.1) is 0 Å². The number of likely N-dealkylation sites (N-methyl/N-ethyl adjacent to an activating group) is 1. The van der Waals surface area contributed by atoms with Crippen LogP contribution in [0, 0.1) is 17.6 Å². The van der Waals surface area contributed by atoms with Gasteiger partial charge in [0.15, 0.2) is 5.82 Å². The lowest BCUT2D eigenvalue weighted by molar-refractivity contribution is 0.0905. The topological polar surface area (TPSA) is 80.0 Å². The number of benzene rings is 1. The standard InChI is InChI=1S/C17H22F2N4O2/c1-9(2)15(17-21-13(23-25-17)8-10(3)20-4)22-16(24)14-11(18)6-5-7-12(14)19/h5-7,9-10,15,20H,8H2,1-4H3,(H,22,24). The van der Waals surface area contributed by atoms with E-state index in [1.807, 2.05) is 27.8 Å². The summed E-state index contributed by atoms with van der Waals surface area (Å²) >= 11 is 0. The third-order valence-electron chi connectivity index (χ3n) is 3.87. The minimum Gasteiger partial charge on any atom is -0.340 e. The smallest absolute Gasteiger partial charge is 0.257 e. The Morgan fingerprint density at radius 2 is 1.88 bits per heavy atom. The zero-order valence-electron chi connectivity index (χ0n) is 14.6. The maximum Gasteiger partial charge on any atom is 0.257 e. The number of aromatic nitrogens is 2. The number of carbonyl (C=O) groups is 1. The highest BCUT2D eigenvalue weighted by atomic mass is 19.1. The second-order valence-electron chi connectivity index (χ2n) is 6.23. The van der Waals surface area contributed by atoms with E-state index in [1.165, 1.54) is 6.07 Å². The summed E-state index contributed by atoms with van der Waals surface area (Å²) in [4.78, 5) is 16.6. The zero-order valence-corrected chi connectivity index (χ0v) is 14.6. The largest absolute Gasteiger partial charge is 0.340 e. The summed E-state index contributed by atoms with van der Waals surface area (Å²) in [5.74, 6) is -2.12. The van der Waals surface area contributed by atoms with Crippen molar-refractivity contribution in [3.63, 3.8) is 0 Å². The van der Waals surface area contributed by atoms with Crippen molar-refractivity contribution >= 4 is 5.91 Å². The maximum absolute atomic E-state index is 13.8. The fourth-order valence-electron chi connectivity index (χ4n) is 2.29. The molecule has 0 aliphatic heterocycles. The van der Waals surface area contributed by atoms with Crippen LogP contribution in [-0.4, -0.2) is 29.1 Å². The average molecular weight is 352 g/mol. The number of amides is 1. The van der Waals surface area contributed by atoms with Gasteiger partial charge in [0.1, 0.15) is 23.2 Å². The molecule has 0 spiro atoms. The first-order valence-corrected chi connectivity index (χ1v) is 8.08. The Kier molecular flexibility index (Phi) is 6.19. The summed E-state index contributed by atoms with van der Waals surface area (Å²) in [6.45, 7) is 5.64. The Bertz CT molecular complexity index is 713. The van der Waals surface area contributed by atoms with Crippen molar-refractivity contribution < 1.29 is 18.1 Å². The Morgan fingerprint density at radius 3 is 2.44 bits per heavy atom. The fraction of sp³-hybridized carbons (Fsp3) is 0.471. The van der Waals surface area contributed by atoms with Gasteiger partial charge in [0.2, 0.25) is 5.89 Å². The van der Waals surface area contributed by atoms with Crippen molar-refractivity contribution in [3.8, 4) is 0 Å². The molecule has 1 aromatic carbocycles. The van der Waals surface area contributed by atoms with Crippen LogP contribution in [0.25, 0.3) is 0 Å². The van der Waals surface area contributed by atoms with Gasteiger partial charge in [-0.1, -0.05) is 25.1 Å². The highest BCUT2D eigenvalue weighted by Gasteiger charge is 2.27. The summed E-state index contributed by atoms with van der Waals surface area (Å²) < 4.78 is 32.8. The lowest BCUT2D eigenvalue weighted by Crippen LogP contribution is -2.33. The SMILES string of the molecule is CNC(C)Cc1noc(C(NC(=O)c2c(F)cccc2F)C(C)C)n1. The van der Waals surface area contributed by atoms with Gasteiger partial charge in [-0.2, -0.15) is 4.98 Å². The molecule has 0 bridgehead atoms. The van der Waals surface area contributed by atoms with Gasteiger partial charge >= 0.3 is 0 Å². The van der Waals surface area contributed by atoms with Gasteiger partial charge < -0.3 is 15.2 Å². The molecular weight excluding hydrogens is 330 g/mol. The van der Waals surface area contributed by atoms with E-state index in [0.29, 0.717) is 12.2 Å². The van der Waals surface area contributed by atoms with E-state index in [2.05, 4.69) is 20.8 Å². The van der Waals surface area contributed by atoms with Crippen molar-refractivity contribution in [2.75, 3.05) is 7.05 Å². The van der Waals surface area contributed by atoms with Crippen LogP contribution in [-0.2, 0) is 6.42 Å². The van der Waals surface area contributed by atoms with E-state index in [1.54, 1.807) is 0 Å². The second kappa shape index (κ2) is 8.15. The van der Waals surface area contributed by atoms with Gasteiger partial charge in [-0.15, -0.1) is 0 Å². The van der Waals surface area contributed by atoms with Crippen LogP contribution in [0.5, 0.6) is 0 Å². The molecule has 2 atom stereocenters. The number of halogens is 2. The molecule has 6 nitrogen and oxygen atoms in total. The first kappa shape index (κ1) is 19.0. The number of carbonyl (C=O) groups excluding carboxylic acids is 1. The monoisotopic (exact) mass is 352 g/mol. The second-order valence-corrected chi connectivity index (χ2v) is 6.23. The molecule has 2 aromatic rings. The van der Waals surface area contributed by atoms with E-state index in [4.69, 9.17) is 4.52 Å². The van der Waals surface area contributed by atoms with Gasteiger partial charge in [-0.3, -0.25) is 4.79 Å². The predicted molar refractivity (Wildman–Crippen MR) is 87.9 cm³/mol. The first-order chi connectivity index (χ1) is 11.8. The van der Waals surface area contributed by atoms with Crippen molar-refractivity contribution in [2.45, 2.75) is 39.3 Å². The molecule has 8 heteroatoms. The molecule has 2 unspecified atom stereocenters. The number of nitrogens with zero attached hydrogens (tertiary/aromatic N) is 2. The Morgan fingerprint density at radius 1 is 1.24 bits per heavy atom. The molecule has 0 aliphatic carbocycles. The lowest BCUT2D eigenvalue weighted by atomic mass is 10.0. The molecule has 0 saturated carbocycles. The normalized spacial score (nSPS) is 13.7. The highest BCUT2D eigenvalue weighted by Crippen LogP contribution is 2.22. The quantitative estimate of drug-likeness (QED) is 0.801. The summed E-state index contributed by atoms with van der Waals surface area (Å²) in [5, 5.41) is 9.54. The molecule has 0 aliphatic rings. The molecule has 25 heavy (non-hydrogen) atoms. The maximum atomic E-state index is 13.8. The van der Waals surface area contributed by atoms with E-state index in [0.717, 1.165) is 12.1 Å². The summed E-state index contributed by atoms with van der Waals surface area (Å²) in [5.41, 5.74) is -0.628. The Balaban J connectivity index is 2.20. The lowest BCUT2D eigenvalue weighted by Gasteiger charge is -2.19. The third-order valence-corrected chi connectivity index (χ3v) is 3.87. The molecule has 1 heterocycles. The van der Waals surface area contributed by atoms with E-state index in [9.17, 15) is 13.6 Å². The summed E-state index contributed by atoms with van der Waals surface area (Å²) in [7, 11) is 1.83. The van der Waals surface area contributed by atoms with E-state index < -0.39 is 29.1 Å². The minimum atomic E-state index is -0.922. The van der Waals surface area contributed by atoms with Crippen LogP contribution < -0.4 is 10.6 Å². The molecule has 0 fully saturated rings. The van der Waals surface area contributed by atoms with Crippen LogP contribution in [0.4, 0.5) is 8.78 Å². The third kappa shape index (κ3) is 4.60. The molecule has 1 aromatic heterocycles. The van der Waals surface area contributed by atoms with E-state index >= 15 is 0 Å². The van der Waals surface area contributed by atoms with Crippen LogP contribution in [0.2, 0.25) is 0 Å². The number of hydrogen-bond donors (Lipinski definition) is 2. The minimum absolute atomic E-state index is 0.117. The average Bonchev–Trinajstić information content (AvgIpc) is 3.00. The molecule has 0 radical (unpaired) electrons. The summed E-state index contributed by atoms with van der Waals surface area (Å²) in [6, 6.07) is 2.77. The number of rotatable bonds is 7. The number of nitrogens with one attached hydrogen (secondary N) is 2.